The summed E-state index contributed by atoms with van der Waals surface area (Å²) in [4.78, 5) is 0. The van der Waals surface area contributed by atoms with Gasteiger partial charge < -0.3 is 14.6 Å². The van der Waals surface area contributed by atoms with Gasteiger partial charge in [-0.05, 0) is 74.0 Å². The van der Waals surface area contributed by atoms with E-state index in [2.05, 4.69) is 19.9 Å². The van der Waals surface area contributed by atoms with E-state index in [1.165, 1.54) is 25.7 Å². The summed E-state index contributed by atoms with van der Waals surface area (Å²) in [6, 6.07) is 2.30. The molecule has 1 spiro atoms. The number of nitriles is 1. The maximum Gasteiger partial charge on any atom is 0.168 e. The Morgan fingerprint density at radius 2 is 1.65 bits per heavy atom. The smallest absolute Gasteiger partial charge is 0.168 e. The number of hydrogen-bond acceptors (Lipinski definition) is 4. The zero-order valence-electron chi connectivity index (χ0n) is 16.3. The Balaban J connectivity index is 1.42. The molecule has 0 aromatic heterocycles. The molecule has 0 radical (unpaired) electrons. The van der Waals surface area contributed by atoms with Crippen molar-refractivity contribution in [2.24, 2.45) is 34.5 Å². The molecule has 5 rings (SSSR count). The molecule has 0 bridgehead atoms. The van der Waals surface area contributed by atoms with Gasteiger partial charge in [0.2, 0.25) is 0 Å². The lowest BCUT2D eigenvalue weighted by molar-refractivity contribution is -0.231. The normalized spacial score (nSPS) is 55.0. The van der Waals surface area contributed by atoms with Crippen molar-refractivity contribution in [1.82, 2.24) is 0 Å². The van der Waals surface area contributed by atoms with Gasteiger partial charge in [0, 0.05) is 18.3 Å². The van der Waals surface area contributed by atoms with Crippen LogP contribution in [0.5, 0.6) is 0 Å². The SMILES string of the molecule is C[C@]12CCC3(C[C@@H]1CC[C@H]1[C@H]4CC[C@](O)(C#N)[C@]4(C)CC[C@@H]12)OCCO3. The van der Waals surface area contributed by atoms with Crippen LogP contribution < -0.4 is 0 Å². The van der Waals surface area contributed by atoms with Gasteiger partial charge >= 0.3 is 0 Å². The minimum Gasteiger partial charge on any atom is -0.375 e. The molecule has 5 aliphatic rings. The topological polar surface area (TPSA) is 62.5 Å². The molecule has 1 aliphatic heterocycles. The number of fused-ring (bicyclic) bond motifs is 5. The Morgan fingerprint density at radius 1 is 0.923 bits per heavy atom. The first kappa shape index (κ1) is 17.5. The van der Waals surface area contributed by atoms with Gasteiger partial charge in [-0.1, -0.05) is 13.8 Å². The second kappa shape index (κ2) is 5.46. The van der Waals surface area contributed by atoms with Gasteiger partial charge in [0.15, 0.2) is 11.4 Å². The molecule has 1 N–H and O–H groups in total. The highest BCUT2D eigenvalue weighted by atomic mass is 16.7. The maximum absolute atomic E-state index is 11.0. The molecule has 0 unspecified atom stereocenters. The summed E-state index contributed by atoms with van der Waals surface area (Å²) >= 11 is 0. The molecule has 26 heavy (non-hydrogen) atoms. The van der Waals surface area contributed by atoms with Crippen LogP contribution in [0, 0.1) is 45.8 Å². The van der Waals surface area contributed by atoms with Gasteiger partial charge in [0.25, 0.3) is 0 Å². The van der Waals surface area contributed by atoms with E-state index in [1.54, 1.807) is 0 Å². The molecule has 4 aliphatic carbocycles. The van der Waals surface area contributed by atoms with Gasteiger partial charge in [0.1, 0.15) is 0 Å². The van der Waals surface area contributed by atoms with Gasteiger partial charge in [-0.2, -0.15) is 5.26 Å². The predicted octanol–water partition coefficient (Wildman–Crippen LogP) is 4.03. The third-order valence-electron chi connectivity index (χ3n) is 9.82. The first-order valence-electron chi connectivity index (χ1n) is 10.8. The van der Waals surface area contributed by atoms with E-state index in [9.17, 15) is 10.4 Å². The lowest BCUT2D eigenvalue weighted by atomic mass is 9.44. The number of nitrogens with zero attached hydrogens (tertiary/aromatic N) is 1. The predicted molar refractivity (Wildman–Crippen MR) is 96.9 cm³/mol. The molecule has 0 amide bonds. The Morgan fingerprint density at radius 3 is 2.38 bits per heavy atom. The molecular weight excluding hydrogens is 326 g/mol. The molecule has 4 saturated carbocycles. The van der Waals surface area contributed by atoms with E-state index >= 15 is 0 Å². The van der Waals surface area contributed by atoms with Crippen LogP contribution in [0.3, 0.4) is 0 Å². The summed E-state index contributed by atoms with van der Waals surface area (Å²) in [5.41, 5.74) is -0.944. The third kappa shape index (κ3) is 2.06. The molecule has 7 atom stereocenters. The number of hydrogen-bond donors (Lipinski definition) is 1. The van der Waals surface area contributed by atoms with Gasteiger partial charge in [0.05, 0.1) is 19.3 Å². The van der Waals surface area contributed by atoms with E-state index in [0.29, 0.717) is 29.6 Å². The summed E-state index contributed by atoms with van der Waals surface area (Å²) < 4.78 is 12.1. The fourth-order valence-electron chi connectivity index (χ4n) is 8.16. The quantitative estimate of drug-likeness (QED) is 0.663. The van der Waals surface area contributed by atoms with Crippen molar-refractivity contribution in [3.05, 3.63) is 0 Å². The molecular formula is C22H33NO3. The Labute approximate surface area is 157 Å². The minimum atomic E-state index is -1.11. The van der Waals surface area contributed by atoms with E-state index in [0.717, 1.165) is 44.8 Å². The number of rotatable bonds is 0. The molecule has 1 saturated heterocycles. The first-order valence-corrected chi connectivity index (χ1v) is 10.8. The molecule has 144 valence electrons. The van der Waals surface area contributed by atoms with Crippen LogP contribution in [-0.2, 0) is 9.47 Å². The molecule has 1 heterocycles. The summed E-state index contributed by atoms with van der Waals surface area (Å²) in [6.07, 6.45) is 9.67. The van der Waals surface area contributed by atoms with Crippen molar-refractivity contribution in [2.75, 3.05) is 13.2 Å². The van der Waals surface area contributed by atoms with Crippen LogP contribution in [0.25, 0.3) is 0 Å². The Bertz CT molecular complexity index is 638. The summed E-state index contributed by atoms with van der Waals surface area (Å²) in [5, 5.41) is 20.6. The lowest BCUT2D eigenvalue weighted by Gasteiger charge is -2.62. The van der Waals surface area contributed by atoms with Crippen LogP contribution in [0.2, 0.25) is 0 Å². The van der Waals surface area contributed by atoms with E-state index < -0.39 is 5.60 Å². The van der Waals surface area contributed by atoms with Crippen LogP contribution in [0.1, 0.15) is 71.6 Å². The molecule has 4 heteroatoms. The summed E-state index contributed by atoms with van der Waals surface area (Å²) in [6.45, 7) is 6.24. The van der Waals surface area contributed by atoms with Crippen molar-refractivity contribution >= 4 is 0 Å². The van der Waals surface area contributed by atoms with Crippen molar-refractivity contribution in [3.8, 4) is 6.07 Å². The highest BCUT2D eigenvalue weighted by molar-refractivity contribution is 5.21. The summed E-state index contributed by atoms with van der Waals surface area (Å²) in [7, 11) is 0. The second-order valence-corrected chi connectivity index (χ2v) is 10.4. The number of aliphatic hydroxyl groups is 1. The van der Waals surface area contributed by atoms with Gasteiger partial charge in [-0.25, -0.2) is 0 Å². The molecule has 0 aromatic carbocycles. The largest absolute Gasteiger partial charge is 0.375 e. The van der Waals surface area contributed by atoms with Crippen LogP contribution in [0.4, 0.5) is 0 Å². The van der Waals surface area contributed by atoms with Gasteiger partial charge in [-0.3, -0.25) is 0 Å². The zero-order chi connectivity index (χ0) is 18.2. The maximum atomic E-state index is 11.0. The standard InChI is InChI=1S/C22H33NO3/c1-19-9-10-22(25-11-12-26-22)13-15(19)3-4-16-17(19)5-7-20(2)18(16)6-8-21(20,24)14-23/h15-18,24H,3-13H2,1-2H3/t15-,16+,17-,18+,19-,20+,21-/m0/s1. The van der Waals surface area contributed by atoms with Crippen LogP contribution >= 0.6 is 0 Å². The van der Waals surface area contributed by atoms with Gasteiger partial charge in [-0.15, -0.1) is 0 Å². The van der Waals surface area contributed by atoms with Crippen LogP contribution in [0.15, 0.2) is 0 Å². The monoisotopic (exact) mass is 359 g/mol. The first-order chi connectivity index (χ1) is 12.4. The van der Waals surface area contributed by atoms with Crippen molar-refractivity contribution < 1.29 is 14.6 Å². The highest BCUT2D eigenvalue weighted by Gasteiger charge is 2.66. The molecule has 5 fully saturated rings. The average Bonchev–Trinajstić information content (AvgIpc) is 3.19. The fourth-order valence-corrected chi connectivity index (χ4v) is 8.16. The third-order valence-corrected chi connectivity index (χ3v) is 9.82. The fraction of sp³-hybridized carbons (Fsp3) is 0.955. The second-order valence-electron chi connectivity index (χ2n) is 10.4. The Kier molecular flexibility index (Phi) is 3.67. The van der Waals surface area contributed by atoms with Crippen molar-refractivity contribution in [2.45, 2.75) is 83.0 Å². The molecule has 4 nitrogen and oxygen atoms in total. The Hall–Kier alpha value is -0.630. The lowest BCUT2D eigenvalue weighted by Crippen LogP contribution is -2.58. The highest BCUT2D eigenvalue weighted by Crippen LogP contribution is 2.69. The van der Waals surface area contributed by atoms with Crippen molar-refractivity contribution in [1.29, 1.82) is 5.26 Å². The van der Waals surface area contributed by atoms with Crippen molar-refractivity contribution in [3.63, 3.8) is 0 Å². The number of ether oxygens (including phenoxy) is 2. The minimum absolute atomic E-state index is 0.209. The van der Waals surface area contributed by atoms with E-state index in [1.807, 2.05) is 0 Å². The van der Waals surface area contributed by atoms with Crippen LogP contribution in [-0.4, -0.2) is 29.7 Å². The zero-order valence-corrected chi connectivity index (χ0v) is 16.3. The molecule has 0 aromatic rings. The van der Waals surface area contributed by atoms with E-state index in [-0.39, 0.29) is 11.2 Å². The summed E-state index contributed by atoms with van der Waals surface area (Å²) in [5.74, 6) is 2.33. The average molecular weight is 360 g/mol. The van der Waals surface area contributed by atoms with E-state index in [4.69, 9.17) is 9.47 Å².